The first-order valence-corrected chi connectivity index (χ1v) is 11.4. The van der Waals surface area contributed by atoms with Crippen molar-refractivity contribution in [3.63, 3.8) is 0 Å². The summed E-state index contributed by atoms with van der Waals surface area (Å²) in [7, 11) is 0. The third kappa shape index (κ3) is 5.26. The fourth-order valence-electron chi connectivity index (χ4n) is 3.58. The number of aromatic nitrogens is 1. The van der Waals surface area contributed by atoms with Gasteiger partial charge in [-0.05, 0) is 18.9 Å². The smallest absolute Gasteiger partial charge is 0.203 e. The van der Waals surface area contributed by atoms with Crippen molar-refractivity contribution in [1.29, 1.82) is 0 Å². The summed E-state index contributed by atoms with van der Waals surface area (Å²) < 4.78 is 5.90. The molecule has 0 saturated heterocycles. The second-order valence-corrected chi connectivity index (χ2v) is 8.53. The van der Waals surface area contributed by atoms with Crippen LogP contribution in [0.25, 0.3) is 11.3 Å². The van der Waals surface area contributed by atoms with Crippen LogP contribution in [0.2, 0.25) is 5.02 Å². The Morgan fingerprint density at radius 3 is 2.73 bits per heavy atom. The molecule has 2 aromatic carbocycles. The van der Waals surface area contributed by atoms with Gasteiger partial charge >= 0.3 is 0 Å². The maximum atomic E-state index is 10.6. The SMILES string of the molecule is OC(OC1CCCCC1)c1ccccc1/C=N/Nc1nc(-c2ccccc2Cl)cs1. The first kappa shape index (κ1) is 21.0. The van der Waals surface area contributed by atoms with E-state index < -0.39 is 6.29 Å². The van der Waals surface area contributed by atoms with Gasteiger partial charge in [0.15, 0.2) is 6.29 Å². The van der Waals surface area contributed by atoms with Gasteiger partial charge in [-0.15, -0.1) is 11.3 Å². The molecule has 30 heavy (non-hydrogen) atoms. The molecule has 1 atom stereocenters. The summed E-state index contributed by atoms with van der Waals surface area (Å²) in [6, 6.07) is 15.2. The molecule has 0 aliphatic heterocycles. The number of halogens is 1. The number of thiazole rings is 1. The van der Waals surface area contributed by atoms with Crippen LogP contribution in [0.4, 0.5) is 5.13 Å². The van der Waals surface area contributed by atoms with Crippen LogP contribution in [0, 0.1) is 0 Å². The number of hydrogen-bond donors (Lipinski definition) is 2. The van der Waals surface area contributed by atoms with Crippen LogP contribution < -0.4 is 5.43 Å². The van der Waals surface area contributed by atoms with E-state index >= 15 is 0 Å². The summed E-state index contributed by atoms with van der Waals surface area (Å²) in [5.41, 5.74) is 6.17. The molecule has 5 nitrogen and oxygen atoms in total. The molecule has 4 rings (SSSR count). The van der Waals surface area contributed by atoms with Crippen LogP contribution in [-0.4, -0.2) is 22.4 Å². The van der Waals surface area contributed by atoms with Crippen LogP contribution in [0.3, 0.4) is 0 Å². The lowest BCUT2D eigenvalue weighted by Gasteiger charge is -2.25. The van der Waals surface area contributed by atoms with Gasteiger partial charge in [0.1, 0.15) is 0 Å². The predicted molar refractivity (Wildman–Crippen MR) is 123 cm³/mol. The molecule has 0 spiro atoms. The van der Waals surface area contributed by atoms with Gasteiger partial charge in [-0.1, -0.05) is 73.3 Å². The lowest BCUT2D eigenvalue weighted by molar-refractivity contribution is -0.147. The molecular formula is C23H24ClN3O2S. The molecule has 3 aromatic rings. The Hall–Kier alpha value is -2.25. The van der Waals surface area contributed by atoms with Gasteiger partial charge in [0.25, 0.3) is 0 Å². The molecule has 1 unspecified atom stereocenters. The molecule has 1 aliphatic rings. The number of hydrogen-bond acceptors (Lipinski definition) is 6. The van der Waals surface area contributed by atoms with Gasteiger partial charge in [0, 0.05) is 27.1 Å². The van der Waals surface area contributed by atoms with E-state index in [0.717, 1.165) is 42.5 Å². The van der Waals surface area contributed by atoms with Crippen molar-refractivity contribution < 1.29 is 9.84 Å². The van der Waals surface area contributed by atoms with Crippen LogP contribution in [-0.2, 0) is 4.74 Å². The van der Waals surface area contributed by atoms with E-state index in [1.807, 2.05) is 53.9 Å². The first-order valence-electron chi connectivity index (χ1n) is 10.1. The molecule has 1 aliphatic carbocycles. The van der Waals surface area contributed by atoms with Crippen molar-refractivity contribution in [3.8, 4) is 11.3 Å². The van der Waals surface area contributed by atoms with Crippen molar-refractivity contribution in [2.75, 3.05) is 5.43 Å². The van der Waals surface area contributed by atoms with E-state index in [2.05, 4.69) is 15.5 Å². The molecule has 0 bridgehead atoms. The topological polar surface area (TPSA) is 66.7 Å². The van der Waals surface area contributed by atoms with Crippen LogP contribution in [0.1, 0.15) is 49.5 Å². The van der Waals surface area contributed by atoms with Crippen molar-refractivity contribution in [2.24, 2.45) is 5.10 Å². The Labute approximate surface area is 185 Å². The molecule has 1 heterocycles. The minimum Gasteiger partial charge on any atom is -0.364 e. The van der Waals surface area contributed by atoms with E-state index in [9.17, 15) is 5.11 Å². The normalized spacial score (nSPS) is 16.1. The molecule has 156 valence electrons. The highest BCUT2D eigenvalue weighted by Gasteiger charge is 2.20. The lowest BCUT2D eigenvalue weighted by Crippen LogP contribution is -2.20. The van der Waals surface area contributed by atoms with Crippen molar-refractivity contribution in [3.05, 3.63) is 70.1 Å². The van der Waals surface area contributed by atoms with E-state index in [1.165, 1.54) is 17.8 Å². The molecule has 2 N–H and O–H groups in total. The summed E-state index contributed by atoms with van der Waals surface area (Å²) in [5.74, 6) is 0. The van der Waals surface area contributed by atoms with E-state index in [4.69, 9.17) is 16.3 Å². The number of anilines is 1. The number of aliphatic hydroxyl groups is 1. The standard InChI is InChI=1S/C23H24ClN3O2S/c24-20-13-7-6-12-19(20)21-15-30-23(26-21)27-25-14-16-8-4-5-11-18(16)22(28)29-17-9-2-1-3-10-17/h4-8,11-15,17,22,28H,1-3,9-10H2,(H,26,27)/b25-14+. The number of hydrazone groups is 1. The number of nitrogens with one attached hydrogen (secondary N) is 1. The number of ether oxygens (including phenoxy) is 1. The fraction of sp³-hybridized carbons (Fsp3) is 0.304. The Balaban J connectivity index is 1.42. The molecule has 0 radical (unpaired) electrons. The number of benzene rings is 2. The largest absolute Gasteiger partial charge is 0.364 e. The minimum atomic E-state index is -0.956. The second-order valence-electron chi connectivity index (χ2n) is 7.27. The third-order valence-electron chi connectivity index (χ3n) is 5.15. The maximum absolute atomic E-state index is 10.6. The Morgan fingerprint density at radius 1 is 1.13 bits per heavy atom. The molecular weight excluding hydrogens is 418 g/mol. The van der Waals surface area contributed by atoms with Gasteiger partial charge in [-0.3, -0.25) is 5.43 Å². The summed E-state index contributed by atoms with van der Waals surface area (Å²) in [6.07, 6.45) is 6.43. The Bertz CT molecular complexity index is 1000. The van der Waals surface area contributed by atoms with Gasteiger partial charge in [0.05, 0.1) is 18.0 Å². The molecule has 1 aromatic heterocycles. The van der Waals surface area contributed by atoms with Crippen LogP contribution in [0.15, 0.2) is 59.0 Å². The molecule has 1 saturated carbocycles. The third-order valence-corrected chi connectivity index (χ3v) is 6.23. The maximum Gasteiger partial charge on any atom is 0.203 e. The molecule has 1 fully saturated rings. The fourth-order valence-corrected chi connectivity index (χ4v) is 4.48. The van der Waals surface area contributed by atoms with E-state index in [1.54, 1.807) is 6.21 Å². The number of aliphatic hydroxyl groups excluding tert-OH is 1. The molecule has 7 heteroatoms. The zero-order valence-corrected chi connectivity index (χ0v) is 18.1. The monoisotopic (exact) mass is 441 g/mol. The number of nitrogens with zero attached hydrogens (tertiary/aromatic N) is 2. The quantitative estimate of drug-likeness (QED) is 0.258. The predicted octanol–water partition coefficient (Wildman–Crippen LogP) is 6.25. The highest BCUT2D eigenvalue weighted by atomic mass is 35.5. The van der Waals surface area contributed by atoms with Gasteiger partial charge in [-0.25, -0.2) is 4.98 Å². The molecule has 0 amide bonds. The summed E-state index contributed by atoms with van der Waals surface area (Å²) in [6.45, 7) is 0. The minimum absolute atomic E-state index is 0.121. The average molecular weight is 442 g/mol. The highest BCUT2D eigenvalue weighted by molar-refractivity contribution is 7.14. The van der Waals surface area contributed by atoms with Gasteiger partial charge in [0.2, 0.25) is 5.13 Å². The van der Waals surface area contributed by atoms with Crippen LogP contribution in [0.5, 0.6) is 0 Å². The average Bonchev–Trinajstić information content (AvgIpc) is 3.24. The van der Waals surface area contributed by atoms with Crippen molar-refractivity contribution >= 4 is 34.3 Å². The summed E-state index contributed by atoms with van der Waals surface area (Å²) in [5, 5.41) is 18.2. The second kappa shape index (κ2) is 10.2. The van der Waals surface area contributed by atoms with E-state index in [-0.39, 0.29) is 6.10 Å². The zero-order chi connectivity index (χ0) is 20.8. The lowest BCUT2D eigenvalue weighted by atomic mass is 9.97. The number of rotatable bonds is 7. The highest BCUT2D eigenvalue weighted by Crippen LogP contribution is 2.30. The van der Waals surface area contributed by atoms with Crippen molar-refractivity contribution in [2.45, 2.75) is 44.5 Å². The Kier molecular flexibility index (Phi) is 7.12. The first-order chi connectivity index (χ1) is 14.7. The summed E-state index contributed by atoms with van der Waals surface area (Å²) >= 11 is 7.70. The van der Waals surface area contributed by atoms with Gasteiger partial charge < -0.3 is 9.84 Å². The van der Waals surface area contributed by atoms with Gasteiger partial charge in [-0.2, -0.15) is 5.10 Å². The zero-order valence-electron chi connectivity index (χ0n) is 16.5. The van der Waals surface area contributed by atoms with E-state index in [0.29, 0.717) is 15.7 Å². The Morgan fingerprint density at radius 2 is 1.90 bits per heavy atom. The van der Waals surface area contributed by atoms with Crippen LogP contribution >= 0.6 is 22.9 Å². The summed E-state index contributed by atoms with van der Waals surface area (Å²) in [4.78, 5) is 4.54. The van der Waals surface area contributed by atoms with Crippen molar-refractivity contribution in [1.82, 2.24) is 4.98 Å².